The molecule has 0 radical (unpaired) electrons. The zero-order chi connectivity index (χ0) is 23.7. The van der Waals surface area contributed by atoms with Gasteiger partial charge in [0, 0.05) is 39.3 Å². The van der Waals surface area contributed by atoms with Gasteiger partial charge in [0.2, 0.25) is 5.95 Å². The number of anilines is 1. The van der Waals surface area contributed by atoms with E-state index in [1.165, 1.54) is 9.13 Å². The molecule has 0 spiro atoms. The Morgan fingerprint density at radius 2 is 2.06 bits per heavy atom. The van der Waals surface area contributed by atoms with Gasteiger partial charge in [-0.15, -0.1) is 0 Å². The summed E-state index contributed by atoms with van der Waals surface area (Å²) in [6, 6.07) is 6.91. The molecule has 0 bridgehead atoms. The van der Waals surface area contributed by atoms with Gasteiger partial charge in [-0.2, -0.15) is 4.98 Å². The van der Waals surface area contributed by atoms with Gasteiger partial charge in [-0.05, 0) is 50.8 Å². The second-order valence-corrected chi connectivity index (χ2v) is 9.04. The molecule has 1 atom stereocenters. The molecular formula is C24H32N6O3. The first-order valence-corrected chi connectivity index (χ1v) is 11.4. The van der Waals surface area contributed by atoms with Crippen molar-refractivity contribution in [2.24, 2.45) is 12.8 Å². The first-order valence-electron chi connectivity index (χ1n) is 11.4. The third-order valence-corrected chi connectivity index (χ3v) is 6.17. The standard InChI is InChI=1S/C24H32N6O3/c1-16(2)9-12-29-20-21(26-23(29)28-11-5-7-18(25)15-28)27(3)24(33)30(22(20)32)13-10-17-6-4-8-19(31)14-17/h4,6,8-9,14,18,31H,5,7,10-13,15,25H2,1-3H3/t18-/m0/s1. The third kappa shape index (κ3) is 4.59. The van der Waals surface area contributed by atoms with Gasteiger partial charge >= 0.3 is 5.69 Å². The van der Waals surface area contributed by atoms with Crippen LogP contribution in [0.5, 0.6) is 5.75 Å². The molecule has 4 rings (SSSR count). The number of nitrogens with zero attached hydrogens (tertiary/aromatic N) is 5. The van der Waals surface area contributed by atoms with Crippen LogP contribution in [0.15, 0.2) is 45.5 Å². The molecule has 1 saturated heterocycles. The second kappa shape index (κ2) is 9.27. The fraction of sp³-hybridized carbons (Fsp3) is 0.458. The summed E-state index contributed by atoms with van der Waals surface area (Å²) in [6.07, 6.45) is 4.42. The minimum absolute atomic E-state index is 0.0539. The zero-order valence-corrected chi connectivity index (χ0v) is 19.5. The van der Waals surface area contributed by atoms with Gasteiger partial charge in [0.15, 0.2) is 11.2 Å². The van der Waals surface area contributed by atoms with Gasteiger partial charge in [0.05, 0.1) is 0 Å². The fourth-order valence-electron chi connectivity index (χ4n) is 4.39. The van der Waals surface area contributed by atoms with E-state index in [4.69, 9.17) is 10.7 Å². The van der Waals surface area contributed by atoms with E-state index in [2.05, 4.69) is 11.0 Å². The molecule has 0 unspecified atom stereocenters. The Balaban J connectivity index is 1.84. The Bertz CT molecular complexity index is 1310. The van der Waals surface area contributed by atoms with Crippen LogP contribution in [0.25, 0.3) is 11.2 Å². The topological polar surface area (TPSA) is 111 Å². The van der Waals surface area contributed by atoms with Crippen LogP contribution in [-0.2, 0) is 26.6 Å². The Morgan fingerprint density at radius 3 is 2.76 bits per heavy atom. The Hall–Kier alpha value is -3.33. The monoisotopic (exact) mass is 452 g/mol. The van der Waals surface area contributed by atoms with Gasteiger partial charge in [0.1, 0.15) is 5.75 Å². The maximum Gasteiger partial charge on any atom is 0.332 e. The van der Waals surface area contributed by atoms with Crippen LogP contribution < -0.4 is 21.9 Å². The van der Waals surface area contributed by atoms with Crippen molar-refractivity contribution in [2.45, 2.75) is 52.2 Å². The van der Waals surface area contributed by atoms with E-state index in [9.17, 15) is 14.7 Å². The number of phenolic OH excluding ortho intramolecular Hbond substituents is 1. The summed E-state index contributed by atoms with van der Waals surface area (Å²) in [7, 11) is 1.65. The SMILES string of the molecule is CC(C)=CCn1c(N2CCC[C@H](N)C2)nc2c1c(=O)n(CCc1cccc(O)c1)c(=O)n2C. The number of hydrogen-bond acceptors (Lipinski definition) is 6. The van der Waals surface area contributed by atoms with Crippen molar-refractivity contribution < 1.29 is 5.11 Å². The molecule has 2 aromatic heterocycles. The predicted octanol–water partition coefficient (Wildman–Crippen LogP) is 1.74. The second-order valence-electron chi connectivity index (χ2n) is 9.04. The molecule has 176 valence electrons. The largest absolute Gasteiger partial charge is 0.508 e. The van der Waals surface area contributed by atoms with Gasteiger partial charge in [-0.3, -0.25) is 13.9 Å². The molecule has 3 aromatic rings. The van der Waals surface area contributed by atoms with Crippen molar-refractivity contribution in [3.63, 3.8) is 0 Å². The highest BCUT2D eigenvalue weighted by atomic mass is 16.3. The number of nitrogens with two attached hydrogens (primary N) is 1. The van der Waals surface area contributed by atoms with Crippen molar-refractivity contribution >= 4 is 17.1 Å². The lowest BCUT2D eigenvalue weighted by molar-refractivity contribution is 0.474. The molecule has 33 heavy (non-hydrogen) atoms. The average molecular weight is 453 g/mol. The highest BCUT2D eigenvalue weighted by Crippen LogP contribution is 2.23. The molecular weight excluding hydrogens is 420 g/mol. The maximum absolute atomic E-state index is 13.6. The lowest BCUT2D eigenvalue weighted by atomic mass is 10.1. The minimum atomic E-state index is -0.401. The van der Waals surface area contributed by atoms with Crippen LogP contribution in [0.3, 0.4) is 0 Å². The van der Waals surface area contributed by atoms with Crippen LogP contribution in [0.2, 0.25) is 0 Å². The first kappa shape index (κ1) is 22.8. The summed E-state index contributed by atoms with van der Waals surface area (Å²) in [5.41, 5.74) is 8.24. The smallest absolute Gasteiger partial charge is 0.332 e. The van der Waals surface area contributed by atoms with Gasteiger partial charge in [-0.1, -0.05) is 23.8 Å². The number of aryl methyl sites for hydroxylation is 2. The highest BCUT2D eigenvalue weighted by molar-refractivity contribution is 5.74. The van der Waals surface area contributed by atoms with Crippen molar-refractivity contribution in [1.29, 1.82) is 0 Å². The van der Waals surface area contributed by atoms with Gasteiger partial charge in [-0.25, -0.2) is 4.79 Å². The van der Waals surface area contributed by atoms with Crippen LogP contribution in [0, 0.1) is 0 Å². The molecule has 0 saturated carbocycles. The van der Waals surface area contributed by atoms with E-state index in [0.717, 1.165) is 30.5 Å². The summed E-state index contributed by atoms with van der Waals surface area (Å²) >= 11 is 0. The van der Waals surface area contributed by atoms with E-state index in [0.29, 0.717) is 36.6 Å². The predicted molar refractivity (Wildman–Crippen MR) is 130 cm³/mol. The number of allylic oxidation sites excluding steroid dienone is 2. The molecule has 1 aliphatic heterocycles. The van der Waals surface area contributed by atoms with Crippen molar-refractivity contribution in [2.75, 3.05) is 18.0 Å². The zero-order valence-electron chi connectivity index (χ0n) is 19.5. The van der Waals surface area contributed by atoms with Crippen LogP contribution >= 0.6 is 0 Å². The average Bonchev–Trinajstić information content (AvgIpc) is 3.16. The molecule has 1 aliphatic rings. The number of hydrogen-bond donors (Lipinski definition) is 2. The van der Waals surface area contributed by atoms with Crippen molar-refractivity contribution in [3.8, 4) is 5.75 Å². The number of fused-ring (bicyclic) bond motifs is 1. The molecule has 1 aromatic carbocycles. The highest BCUT2D eigenvalue weighted by Gasteiger charge is 2.26. The third-order valence-electron chi connectivity index (χ3n) is 6.17. The number of piperidine rings is 1. The van der Waals surface area contributed by atoms with Crippen molar-refractivity contribution in [3.05, 3.63) is 62.3 Å². The lowest BCUT2D eigenvalue weighted by Crippen LogP contribution is -2.44. The molecule has 9 heteroatoms. The molecule has 3 heterocycles. The minimum Gasteiger partial charge on any atom is -0.508 e. The Morgan fingerprint density at radius 1 is 1.27 bits per heavy atom. The fourth-order valence-corrected chi connectivity index (χ4v) is 4.39. The molecule has 3 N–H and O–H groups in total. The quantitative estimate of drug-likeness (QED) is 0.551. The normalized spacial score (nSPS) is 16.4. The Labute approximate surface area is 192 Å². The number of aromatic hydroxyl groups is 1. The lowest BCUT2D eigenvalue weighted by Gasteiger charge is -2.31. The summed E-state index contributed by atoms with van der Waals surface area (Å²) in [5, 5.41) is 9.73. The summed E-state index contributed by atoms with van der Waals surface area (Å²) in [6.45, 7) is 6.20. The summed E-state index contributed by atoms with van der Waals surface area (Å²) < 4.78 is 4.62. The first-order chi connectivity index (χ1) is 15.8. The van der Waals surface area contributed by atoms with Crippen LogP contribution in [0.4, 0.5) is 5.95 Å². The number of benzene rings is 1. The maximum atomic E-state index is 13.6. The number of phenols is 1. The van der Waals surface area contributed by atoms with Gasteiger partial charge < -0.3 is 20.3 Å². The van der Waals surface area contributed by atoms with Crippen LogP contribution in [0.1, 0.15) is 32.3 Å². The van der Waals surface area contributed by atoms with E-state index < -0.39 is 5.69 Å². The molecule has 0 aliphatic carbocycles. The van der Waals surface area contributed by atoms with E-state index >= 15 is 0 Å². The van der Waals surface area contributed by atoms with E-state index in [1.54, 1.807) is 25.2 Å². The molecule has 9 nitrogen and oxygen atoms in total. The Kier molecular flexibility index (Phi) is 6.42. The molecule has 0 amide bonds. The van der Waals surface area contributed by atoms with E-state index in [1.807, 2.05) is 24.5 Å². The van der Waals surface area contributed by atoms with Crippen molar-refractivity contribution in [1.82, 2.24) is 18.7 Å². The molecule has 1 fully saturated rings. The van der Waals surface area contributed by atoms with Crippen LogP contribution in [-0.4, -0.2) is 42.9 Å². The van der Waals surface area contributed by atoms with Gasteiger partial charge in [0.25, 0.3) is 5.56 Å². The van der Waals surface area contributed by atoms with E-state index in [-0.39, 0.29) is 23.9 Å². The number of aromatic nitrogens is 4. The number of rotatable bonds is 6. The summed E-state index contributed by atoms with van der Waals surface area (Å²) in [4.78, 5) is 33.6. The summed E-state index contributed by atoms with van der Waals surface area (Å²) in [5.74, 6) is 0.836. The number of imidazole rings is 1.